The first kappa shape index (κ1) is 14.5. The predicted molar refractivity (Wildman–Crippen MR) is 80.2 cm³/mol. The number of carbonyl (C=O) groups is 1. The van der Waals surface area contributed by atoms with Gasteiger partial charge in [-0.05, 0) is 55.7 Å². The molecule has 0 unspecified atom stereocenters. The van der Waals surface area contributed by atoms with Crippen LogP contribution in [0.4, 0.5) is 4.39 Å². The third-order valence-corrected chi connectivity index (χ3v) is 4.92. The van der Waals surface area contributed by atoms with E-state index in [9.17, 15) is 9.18 Å². The van der Waals surface area contributed by atoms with Crippen molar-refractivity contribution in [2.24, 2.45) is 17.6 Å². The number of hydrogen-bond acceptors (Lipinski definition) is 2. The molecule has 1 aliphatic heterocycles. The van der Waals surface area contributed by atoms with Gasteiger partial charge in [0.15, 0.2) is 0 Å². The molecule has 1 saturated heterocycles. The fourth-order valence-electron chi connectivity index (χ4n) is 3.42. The van der Waals surface area contributed by atoms with Crippen molar-refractivity contribution < 1.29 is 9.18 Å². The summed E-state index contributed by atoms with van der Waals surface area (Å²) in [7, 11) is 0. The van der Waals surface area contributed by atoms with Gasteiger partial charge in [-0.15, -0.1) is 0 Å². The average molecular weight is 290 g/mol. The van der Waals surface area contributed by atoms with Crippen LogP contribution >= 0.6 is 0 Å². The molecule has 0 radical (unpaired) electrons. The second kappa shape index (κ2) is 5.76. The number of nitrogens with zero attached hydrogens (tertiary/aromatic N) is 1. The molecule has 1 aliphatic carbocycles. The summed E-state index contributed by atoms with van der Waals surface area (Å²) in [5.74, 6) is 0.814. The third kappa shape index (κ3) is 3.10. The molecule has 114 valence electrons. The number of benzene rings is 1. The van der Waals surface area contributed by atoms with Crippen LogP contribution in [0.1, 0.15) is 37.7 Å². The van der Waals surface area contributed by atoms with Gasteiger partial charge >= 0.3 is 0 Å². The molecule has 1 aromatic carbocycles. The smallest absolute Gasteiger partial charge is 0.226 e. The number of hydrogen-bond donors (Lipinski definition) is 1. The van der Waals surface area contributed by atoms with Crippen molar-refractivity contribution >= 4 is 5.91 Å². The highest BCUT2D eigenvalue weighted by Gasteiger charge is 2.46. The summed E-state index contributed by atoms with van der Waals surface area (Å²) in [6.45, 7) is 3.68. The summed E-state index contributed by atoms with van der Waals surface area (Å²) in [4.78, 5) is 14.6. The van der Waals surface area contributed by atoms with Gasteiger partial charge in [0.2, 0.25) is 5.91 Å². The number of piperidine rings is 1. The van der Waals surface area contributed by atoms with Crippen LogP contribution in [0.15, 0.2) is 24.3 Å². The van der Waals surface area contributed by atoms with Gasteiger partial charge < -0.3 is 10.6 Å². The molecule has 21 heavy (non-hydrogen) atoms. The van der Waals surface area contributed by atoms with Crippen molar-refractivity contribution in [1.82, 2.24) is 4.90 Å². The lowest BCUT2D eigenvalue weighted by Gasteiger charge is -2.34. The third-order valence-electron chi connectivity index (χ3n) is 4.92. The SMILES string of the molecule is C[C@H](N)[C@@H]1CCCN(C(=O)[C@@H]2C[C@H]2c2ccc(F)cc2)C1. The van der Waals surface area contributed by atoms with Crippen molar-refractivity contribution in [3.05, 3.63) is 35.6 Å². The fourth-order valence-corrected chi connectivity index (χ4v) is 3.42. The molecular weight excluding hydrogens is 267 g/mol. The molecule has 1 aromatic rings. The maximum absolute atomic E-state index is 12.9. The molecule has 0 aromatic heterocycles. The molecule has 1 heterocycles. The van der Waals surface area contributed by atoms with Gasteiger partial charge in [0, 0.05) is 25.0 Å². The highest BCUT2D eigenvalue weighted by Crippen LogP contribution is 2.48. The van der Waals surface area contributed by atoms with E-state index in [1.54, 1.807) is 12.1 Å². The van der Waals surface area contributed by atoms with Crippen molar-refractivity contribution in [3.8, 4) is 0 Å². The molecule has 4 heteroatoms. The first-order valence-electron chi connectivity index (χ1n) is 7.86. The Kier molecular flexibility index (Phi) is 3.98. The van der Waals surface area contributed by atoms with Gasteiger partial charge in [-0.1, -0.05) is 12.1 Å². The van der Waals surface area contributed by atoms with Crippen LogP contribution in [0.25, 0.3) is 0 Å². The second-order valence-electron chi connectivity index (χ2n) is 6.55. The van der Waals surface area contributed by atoms with Crippen molar-refractivity contribution in [2.45, 2.75) is 38.1 Å². The summed E-state index contributed by atoms with van der Waals surface area (Å²) >= 11 is 0. The van der Waals surface area contributed by atoms with Crippen molar-refractivity contribution in [1.29, 1.82) is 0 Å². The number of rotatable bonds is 3. The molecule has 1 saturated carbocycles. The minimum Gasteiger partial charge on any atom is -0.342 e. The zero-order valence-electron chi connectivity index (χ0n) is 12.5. The molecule has 0 bridgehead atoms. The Morgan fingerprint density at radius 3 is 2.76 bits per heavy atom. The van der Waals surface area contributed by atoms with Gasteiger partial charge in [0.05, 0.1) is 0 Å². The summed E-state index contributed by atoms with van der Waals surface area (Å²) in [6.07, 6.45) is 3.06. The van der Waals surface area contributed by atoms with E-state index in [-0.39, 0.29) is 29.6 Å². The van der Waals surface area contributed by atoms with E-state index in [0.717, 1.165) is 37.9 Å². The predicted octanol–water partition coefficient (Wildman–Crippen LogP) is 2.52. The van der Waals surface area contributed by atoms with E-state index in [2.05, 4.69) is 0 Å². The molecule has 3 rings (SSSR count). The van der Waals surface area contributed by atoms with Gasteiger partial charge in [0.25, 0.3) is 0 Å². The molecule has 1 amide bonds. The lowest BCUT2D eigenvalue weighted by Crippen LogP contribution is -2.45. The Morgan fingerprint density at radius 2 is 2.10 bits per heavy atom. The Morgan fingerprint density at radius 1 is 1.38 bits per heavy atom. The Labute approximate surface area is 125 Å². The standard InChI is InChI=1S/C17H23FN2O/c1-11(19)13-3-2-8-20(10-13)17(21)16-9-15(16)12-4-6-14(18)7-5-12/h4-7,11,13,15-16H,2-3,8-10,19H2,1H3/t11-,13+,15-,16+/m0/s1. The molecule has 2 fully saturated rings. The van der Waals surface area contributed by atoms with Gasteiger partial charge in [-0.2, -0.15) is 0 Å². The van der Waals surface area contributed by atoms with Gasteiger partial charge in [-0.3, -0.25) is 4.79 Å². The second-order valence-corrected chi connectivity index (χ2v) is 6.55. The van der Waals surface area contributed by atoms with E-state index in [1.165, 1.54) is 12.1 Å². The van der Waals surface area contributed by atoms with Crippen LogP contribution in [0, 0.1) is 17.7 Å². The van der Waals surface area contributed by atoms with E-state index in [1.807, 2.05) is 11.8 Å². The topological polar surface area (TPSA) is 46.3 Å². The Balaban J connectivity index is 1.61. The van der Waals surface area contributed by atoms with Gasteiger partial charge in [-0.25, -0.2) is 4.39 Å². The van der Waals surface area contributed by atoms with Gasteiger partial charge in [0.1, 0.15) is 5.82 Å². The van der Waals surface area contributed by atoms with E-state index in [0.29, 0.717) is 5.92 Å². The van der Waals surface area contributed by atoms with Crippen LogP contribution < -0.4 is 5.73 Å². The first-order valence-corrected chi connectivity index (χ1v) is 7.86. The number of amides is 1. The molecule has 0 spiro atoms. The Bertz CT molecular complexity index is 514. The lowest BCUT2D eigenvalue weighted by molar-refractivity contribution is -0.134. The van der Waals surface area contributed by atoms with Crippen LogP contribution in [-0.4, -0.2) is 29.9 Å². The van der Waals surface area contributed by atoms with Crippen LogP contribution in [-0.2, 0) is 4.79 Å². The van der Waals surface area contributed by atoms with E-state index >= 15 is 0 Å². The largest absolute Gasteiger partial charge is 0.342 e. The van der Waals surface area contributed by atoms with Crippen LogP contribution in [0.2, 0.25) is 0 Å². The number of nitrogens with two attached hydrogens (primary N) is 1. The van der Waals surface area contributed by atoms with Crippen molar-refractivity contribution in [2.75, 3.05) is 13.1 Å². The fraction of sp³-hybridized carbons (Fsp3) is 0.588. The zero-order chi connectivity index (χ0) is 15.0. The van der Waals surface area contributed by atoms with E-state index < -0.39 is 0 Å². The highest BCUT2D eigenvalue weighted by atomic mass is 19.1. The molecule has 4 atom stereocenters. The zero-order valence-corrected chi connectivity index (χ0v) is 12.5. The molecule has 3 nitrogen and oxygen atoms in total. The summed E-state index contributed by atoms with van der Waals surface area (Å²) in [5, 5.41) is 0. The van der Waals surface area contributed by atoms with Crippen LogP contribution in [0.3, 0.4) is 0 Å². The molecular formula is C17H23FN2O. The quantitative estimate of drug-likeness (QED) is 0.929. The molecule has 2 aliphatic rings. The number of likely N-dealkylation sites (tertiary alicyclic amines) is 1. The lowest BCUT2D eigenvalue weighted by atomic mass is 9.92. The van der Waals surface area contributed by atoms with Crippen LogP contribution in [0.5, 0.6) is 0 Å². The Hall–Kier alpha value is -1.42. The number of carbonyl (C=O) groups excluding carboxylic acids is 1. The maximum Gasteiger partial charge on any atom is 0.226 e. The van der Waals surface area contributed by atoms with Crippen molar-refractivity contribution in [3.63, 3.8) is 0 Å². The summed E-state index contributed by atoms with van der Waals surface area (Å²) in [6, 6.07) is 6.69. The number of halogens is 1. The minimum absolute atomic E-state index is 0.0855. The highest BCUT2D eigenvalue weighted by molar-refractivity contribution is 5.83. The first-order chi connectivity index (χ1) is 10.1. The minimum atomic E-state index is -0.224. The maximum atomic E-state index is 12.9. The summed E-state index contributed by atoms with van der Waals surface area (Å²) in [5.41, 5.74) is 7.06. The summed E-state index contributed by atoms with van der Waals surface area (Å²) < 4.78 is 12.9. The van der Waals surface area contributed by atoms with E-state index in [4.69, 9.17) is 5.73 Å². The monoisotopic (exact) mass is 290 g/mol. The molecule has 2 N–H and O–H groups in total. The average Bonchev–Trinajstić information content (AvgIpc) is 3.28. The normalized spacial score (nSPS) is 30.0.